The van der Waals surface area contributed by atoms with E-state index in [2.05, 4.69) is 25.8 Å². The lowest BCUT2D eigenvalue weighted by molar-refractivity contribution is 0.143. The Morgan fingerprint density at radius 2 is 2.25 bits per heavy atom. The summed E-state index contributed by atoms with van der Waals surface area (Å²) in [5, 5.41) is -0.0514. The molecular formula is C4H2BrCl2N3O2. The number of primary amides is 1. The van der Waals surface area contributed by atoms with Crippen LogP contribution < -0.4 is 10.6 Å². The second-order valence-electron chi connectivity index (χ2n) is 1.67. The Kier molecular flexibility index (Phi) is 2.81. The number of imidazole rings is 1. The number of carbonyl (C=O) groups is 1. The number of aromatic nitrogens is 2. The third-order valence-corrected chi connectivity index (χ3v) is 2.24. The average Bonchev–Trinajstić information content (AvgIpc) is 2.16. The van der Waals surface area contributed by atoms with Gasteiger partial charge < -0.3 is 10.6 Å². The smallest absolute Gasteiger partial charge is 0.333 e. The van der Waals surface area contributed by atoms with E-state index in [1.165, 1.54) is 0 Å². The molecule has 0 unspecified atom stereocenters. The third-order valence-electron chi connectivity index (χ3n) is 0.888. The maximum absolute atomic E-state index is 10.3. The van der Waals surface area contributed by atoms with Crippen molar-refractivity contribution >= 4 is 45.2 Å². The van der Waals surface area contributed by atoms with Crippen LogP contribution in [0, 0.1) is 0 Å². The Hall–Kier alpha value is -0.460. The first kappa shape index (κ1) is 9.63. The number of halogens is 3. The molecule has 0 saturated heterocycles. The minimum atomic E-state index is -1.02. The van der Waals surface area contributed by atoms with Crippen LogP contribution in [0.2, 0.25) is 10.4 Å². The zero-order valence-electron chi connectivity index (χ0n) is 5.42. The molecule has 2 N–H and O–H groups in total. The molecule has 1 aromatic heterocycles. The Morgan fingerprint density at radius 1 is 1.67 bits per heavy atom. The van der Waals surface area contributed by atoms with E-state index in [1.54, 1.807) is 0 Å². The predicted molar refractivity (Wildman–Crippen MR) is 46.1 cm³/mol. The molecule has 1 amide bonds. The molecule has 0 atom stereocenters. The standard InChI is InChI=1S/C4H2BrCl2N3O2/c5-1-2(6)10(3(7)9-1)12-4(8)11/h(H2,8,11). The van der Waals surface area contributed by atoms with Crippen LogP contribution in [-0.2, 0) is 0 Å². The molecule has 0 aliphatic heterocycles. The van der Waals surface area contributed by atoms with Crippen LogP contribution in [0.15, 0.2) is 4.60 Å². The van der Waals surface area contributed by atoms with Crippen molar-refractivity contribution in [1.82, 2.24) is 9.71 Å². The van der Waals surface area contributed by atoms with Gasteiger partial charge in [0.1, 0.15) is 4.60 Å². The van der Waals surface area contributed by atoms with Crippen molar-refractivity contribution < 1.29 is 9.63 Å². The molecule has 0 fully saturated rings. The number of hydrogen-bond acceptors (Lipinski definition) is 3. The van der Waals surface area contributed by atoms with E-state index in [4.69, 9.17) is 28.9 Å². The van der Waals surface area contributed by atoms with Crippen molar-refractivity contribution in [3.8, 4) is 0 Å². The van der Waals surface area contributed by atoms with Crippen molar-refractivity contribution in [3.63, 3.8) is 0 Å². The Labute approximate surface area is 85.5 Å². The van der Waals surface area contributed by atoms with Crippen molar-refractivity contribution in [2.45, 2.75) is 0 Å². The van der Waals surface area contributed by atoms with Crippen molar-refractivity contribution in [3.05, 3.63) is 15.0 Å². The Bertz CT molecular complexity index is 326. The lowest BCUT2D eigenvalue weighted by Crippen LogP contribution is -2.25. The molecule has 1 aromatic rings. The summed E-state index contributed by atoms with van der Waals surface area (Å²) in [6.45, 7) is 0. The molecule has 0 radical (unpaired) electrons. The van der Waals surface area contributed by atoms with E-state index >= 15 is 0 Å². The number of amides is 1. The van der Waals surface area contributed by atoms with Crippen LogP contribution in [0.1, 0.15) is 0 Å². The quantitative estimate of drug-likeness (QED) is 0.843. The first-order valence-electron chi connectivity index (χ1n) is 2.59. The fraction of sp³-hybridized carbons (Fsp3) is 0. The van der Waals surface area contributed by atoms with Gasteiger partial charge in [-0.1, -0.05) is 11.6 Å². The van der Waals surface area contributed by atoms with Gasteiger partial charge in [-0.2, -0.15) is 0 Å². The molecule has 0 aliphatic carbocycles. The van der Waals surface area contributed by atoms with Crippen LogP contribution >= 0.6 is 39.1 Å². The van der Waals surface area contributed by atoms with E-state index in [9.17, 15) is 4.79 Å². The highest BCUT2D eigenvalue weighted by molar-refractivity contribution is 9.10. The maximum Gasteiger partial charge on any atom is 0.429 e. The lowest BCUT2D eigenvalue weighted by Gasteiger charge is -2.00. The highest BCUT2D eigenvalue weighted by Gasteiger charge is 2.14. The minimum absolute atomic E-state index is 0.0406. The Balaban J connectivity index is 3.05. The molecule has 0 spiro atoms. The molecule has 0 saturated carbocycles. The number of hydrogen-bond donors (Lipinski definition) is 1. The highest BCUT2D eigenvalue weighted by Crippen LogP contribution is 2.24. The molecule has 0 aliphatic rings. The van der Waals surface area contributed by atoms with Crippen molar-refractivity contribution in [2.75, 3.05) is 0 Å². The number of carbonyl (C=O) groups excluding carboxylic acids is 1. The number of rotatable bonds is 1. The zero-order valence-corrected chi connectivity index (χ0v) is 8.52. The molecule has 12 heavy (non-hydrogen) atoms. The summed E-state index contributed by atoms with van der Waals surface area (Å²) in [4.78, 5) is 18.3. The van der Waals surface area contributed by atoms with Crippen molar-refractivity contribution in [1.29, 1.82) is 0 Å². The van der Waals surface area contributed by atoms with Gasteiger partial charge >= 0.3 is 6.09 Å². The second-order valence-corrected chi connectivity index (χ2v) is 3.11. The molecule has 8 heteroatoms. The van der Waals surface area contributed by atoms with Crippen LogP contribution in [0.3, 0.4) is 0 Å². The van der Waals surface area contributed by atoms with Crippen LogP contribution in [0.25, 0.3) is 0 Å². The van der Waals surface area contributed by atoms with Gasteiger partial charge in [-0.05, 0) is 27.5 Å². The summed E-state index contributed by atoms with van der Waals surface area (Å²) in [7, 11) is 0. The normalized spacial score (nSPS) is 9.92. The number of nitrogens with zero attached hydrogens (tertiary/aromatic N) is 2. The maximum atomic E-state index is 10.3. The summed E-state index contributed by atoms with van der Waals surface area (Å²) in [5.41, 5.74) is 4.73. The second kappa shape index (κ2) is 3.51. The first-order chi connectivity index (χ1) is 5.52. The summed E-state index contributed by atoms with van der Waals surface area (Å²) < 4.78 is 1.07. The third kappa shape index (κ3) is 1.82. The van der Waals surface area contributed by atoms with Gasteiger partial charge in [0.25, 0.3) is 0 Å². The predicted octanol–water partition coefficient (Wildman–Crippen LogP) is 1.46. The summed E-state index contributed by atoms with van der Waals surface area (Å²) in [5.74, 6) is 0. The summed E-state index contributed by atoms with van der Waals surface area (Å²) in [6.07, 6.45) is -1.02. The monoisotopic (exact) mass is 273 g/mol. The molecule has 66 valence electrons. The summed E-state index contributed by atoms with van der Waals surface area (Å²) >= 11 is 14.1. The number of nitrogens with two attached hydrogens (primary N) is 1. The molecule has 5 nitrogen and oxygen atoms in total. The minimum Gasteiger partial charge on any atom is -0.333 e. The van der Waals surface area contributed by atoms with E-state index in [0.29, 0.717) is 0 Å². The summed E-state index contributed by atoms with van der Waals surface area (Å²) in [6, 6.07) is 0. The van der Waals surface area contributed by atoms with Crippen molar-refractivity contribution in [2.24, 2.45) is 5.73 Å². The van der Waals surface area contributed by atoms with Gasteiger partial charge in [0, 0.05) is 0 Å². The molecule has 1 rings (SSSR count). The first-order valence-corrected chi connectivity index (χ1v) is 4.14. The van der Waals surface area contributed by atoms with Crippen LogP contribution in [-0.4, -0.2) is 15.8 Å². The van der Waals surface area contributed by atoms with Crippen LogP contribution in [0.5, 0.6) is 0 Å². The van der Waals surface area contributed by atoms with E-state index in [1.807, 2.05) is 0 Å². The topological polar surface area (TPSA) is 70.1 Å². The highest BCUT2D eigenvalue weighted by atomic mass is 79.9. The molecule has 1 heterocycles. The van der Waals surface area contributed by atoms with E-state index < -0.39 is 6.09 Å². The lowest BCUT2D eigenvalue weighted by atomic mass is 10.9. The van der Waals surface area contributed by atoms with Gasteiger partial charge in [0.15, 0.2) is 5.15 Å². The van der Waals surface area contributed by atoms with Gasteiger partial charge in [-0.25, -0.2) is 9.78 Å². The average molecular weight is 275 g/mol. The van der Waals surface area contributed by atoms with E-state index in [-0.39, 0.29) is 15.0 Å². The largest absolute Gasteiger partial charge is 0.429 e. The fourth-order valence-corrected chi connectivity index (χ4v) is 1.34. The molecule has 0 bridgehead atoms. The molecule has 0 aromatic carbocycles. The van der Waals surface area contributed by atoms with Gasteiger partial charge in [-0.15, -0.1) is 4.73 Å². The fourth-order valence-electron chi connectivity index (χ4n) is 0.505. The van der Waals surface area contributed by atoms with Gasteiger partial charge in [0.05, 0.1) is 0 Å². The van der Waals surface area contributed by atoms with Gasteiger partial charge in [0.2, 0.25) is 5.28 Å². The SMILES string of the molecule is NC(=O)On1c(Cl)nc(Br)c1Cl. The Morgan fingerprint density at radius 3 is 2.58 bits per heavy atom. The zero-order chi connectivity index (χ0) is 9.30. The molecular weight excluding hydrogens is 273 g/mol. The van der Waals surface area contributed by atoms with Gasteiger partial charge in [-0.3, -0.25) is 0 Å². The van der Waals surface area contributed by atoms with E-state index in [0.717, 1.165) is 4.73 Å². The van der Waals surface area contributed by atoms with Crippen LogP contribution in [0.4, 0.5) is 4.79 Å².